The highest BCUT2D eigenvalue weighted by molar-refractivity contribution is 6.30. The van der Waals surface area contributed by atoms with E-state index in [1.54, 1.807) is 0 Å². The molecule has 21 heavy (non-hydrogen) atoms. The number of nitrogens with zero attached hydrogens (tertiary/aromatic N) is 2. The van der Waals surface area contributed by atoms with E-state index in [-0.39, 0.29) is 0 Å². The normalized spacial score (nSPS) is 26.7. The summed E-state index contributed by atoms with van der Waals surface area (Å²) in [6.07, 6.45) is 4.08. The molecule has 2 fully saturated rings. The zero-order chi connectivity index (χ0) is 14.8. The second kappa shape index (κ2) is 6.55. The first kappa shape index (κ1) is 15.1. The van der Waals surface area contributed by atoms with Gasteiger partial charge in [-0.1, -0.05) is 24.1 Å². The van der Waals surface area contributed by atoms with E-state index in [0.717, 1.165) is 24.2 Å². The minimum Gasteiger partial charge on any atom is -0.366 e. The fourth-order valence-corrected chi connectivity index (χ4v) is 4.00. The maximum absolute atomic E-state index is 6.26. The van der Waals surface area contributed by atoms with Gasteiger partial charge in [0.05, 0.1) is 0 Å². The average molecular weight is 308 g/mol. The van der Waals surface area contributed by atoms with Crippen molar-refractivity contribution in [3.63, 3.8) is 0 Å². The van der Waals surface area contributed by atoms with Crippen molar-refractivity contribution >= 4 is 17.3 Å². The van der Waals surface area contributed by atoms with Gasteiger partial charge < -0.3 is 10.2 Å². The van der Waals surface area contributed by atoms with Gasteiger partial charge in [0.15, 0.2) is 0 Å². The van der Waals surface area contributed by atoms with Crippen molar-refractivity contribution in [2.75, 3.05) is 31.6 Å². The molecule has 2 aliphatic heterocycles. The lowest BCUT2D eigenvalue weighted by atomic mass is 9.96. The van der Waals surface area contributed by atoms with E-state index in [1.807, 2.05) is 13.1 Å². The van der Waals surface area contributed by atoms with Crippen LogP contribution in [0.4, 0.5) is 5.69 Å². The summed E-state index contributed by atoms with van der Waals surface area (Å²) < 4.78 is 0. The van der Waals surface area contributed by atoms with Gasteiger partial charge in [0.25, 0.3) is 0 Å². The molecule has 4 heteroatoms. The van der Waals surface area contributed by atoms with E-state index >= 15 is 0 Å². The molecule has 0 amide bonds. The molecule has 0 saturated carbocycles. The van der Waals surface area contributed by atoms with E-state index in [1.165, 1.54) is 43.6 Å². The molecule has 2 saturated heterocycles. The quantitative estimate of drug-likeness (QED) is 0.925. The van der Waals surface area contributed by atoms with Crippen LogP contribution in [-0.4, -0.2) is 43.7 Å². The summed E-state index contributed by atoms with van der Waals surface area (Å²) in [4.78, 5) is 5.26. The molecule has 0 aromatic heterocycles. The summed E-state index contributed by atoms with van der Waals surface area (Å²) in [5, 5.41) is 4.11. The van der Waals surface area contributed by atoms with Gasteiger partial charge in [-0.25, -0.2) is 0 Å². The van der Waals surface area contributed by atoms with E-state index in [9.17, 15) is 0 Å². The monoisotopic (exact) mass is 307 g/mol. The molecule has 3 nitrogen and oxygen atoms in total. The first-order valence-electron chi connectivity index (χ1n) is 8.12. The predicted molar refractivity (Wildman–Crippen MR) is 90.2 cm³/mol. The Labute approximate surface area is 133 Å². The molecule has 2 heterocycles. The van der Waals surface area contributed by atoms with Crippen molar-refractivity contribution in [3.8, 4) is 0 Å². The van der Waals surface area contributed by atoms with Gasteiger partial charge in [0, 0.05) is 42.4 Å². The van der Waals surface area contributed by atoms with Crippen LogP contribution in [0.25, 0.3) is 0 Å². The first-order chi connectivity index (χ1) is 10.2. The molecular weight excluding hydrogens is 282 g/mol. The standard InChI is InChI=1S/C17H26ClN3/c1-13-11-20-8-4-3-5-16(20)12-21(13)17-9-15(18)7-6-14(17)10-19-2/h6-7,9,13,16,19H,3-5,8,10-12H2,1-2H3. The van der Waals surface area contributed by atoms with Crippen LogP contribution >= 0.6 is 11.6 Å². The molecule has 1 aromatic rings. The number of hydrogen-bond donors (Lipinski definition) is 1. The third-order valence-corrected chi connectivity index (χ3v) is 5.15. The van der Waals surface area contributed by atoms with Gasteiger partial charge in [-0.2, -0.15) is 0 Å². The fraction of sp³-hybridized carbons (Fsp3) is 0.647. The molecular formula is C17H26ClN3. The van der Waals surface area contributed by atoms with Gasteiger partial charge in [-0.3, -0.25) is 4.90 Å². The fourth-order valence-electron chi connectivity index (χ4n) is 3.83. The molecule has 116 valence electrons. The van der Waals surface area contributed by atoms with Crippen molar-refractivity contribution in [1.29, 1.82) is 0 Å². The molecule has 0 aliphatic carbocycles. The van der Waals surface area contributed by atoms with Crippen LogP contribution in [0.15, 0.2) is 18.2 Å². The molecule has 3 rings (SSSR count). The molecule has 0 spiro atoms. The molecule has 2 unspecified atom stereocenters. The van der Waals surface area contributed by atoms with Crippen LogP contribution < -0.4 is 10.2 Å². The number of hydrogen-bond acceptors (Lipinski definition) is 3. The topological polar surface area (TPSA) is 18.5 Å². The summed E-state index contributed by atoms with van der Waals surface area (Å²) in [5.74, 6) is 0. The SMILES string of the molecule is CNCc1ccc(Cl)cc1N1CC2CCCCN2CC1C. The minimum atomic E-state index is 0.549. The van der Waals surface area contributed by atoms with Crippen molar-refractivity contribution < 1.29 is 0 Å². The Hall–Kier alpha value is -0.770. The zero-order valence-electron chi connectivity index (χ0n) is 13.1. The lowest BCUT2D eigenvalue weighted by Crippen LogP contribution is -2.59. The van der Waals surface area contributed by atoms with E-state index < -0.39 is 0 Å². The second-order valence-corrected chi connectivity index (χ2v) is 6.89. The molecule has 0 bridgehead atoms. The minimum absolute atomic E-state index is 0.549. The third-order valence-electron chi connectivity index (χ3n) is 4.91. The smallest absolute Gasteiger partial charge is 0.0430 e. The highest BCUT2D eigenvalue weighted by Crippen LogP contribution is 2.32. The van der Waals surface area contributed by atoms with E-state index in [0.29, 0.717) is 6.04 Å². The average Bonchev–Trinajstić information content (AvgIpc) is 2.49. The summed E-state index contributed by atoms with van der Waals surface area (Å²) in [5.41, 5.74) is 2.66. The van der Waals surface area contributed by atoms with Crippen molar-refractivity contribution in [1.82, 2.24) is 10.2 Å². The van der Waals surface area contributed by atoms with Crippen molar-refractivity contribution in [3.05, 3.63) is 28.8 Å². The number of piperidine rings is 1. The van der Waals surface area contributed by atoms with E-state index in [4.69, 9.17) is 11.6 Å². The number of nitrogens with one attached hydrogen (secondary N) is 1. The summed E-state index contributed by atoms with van der Waals surface area (Å²) in [6.45, 7) is 6.83. The van der Waals surface area contributed by atoms with Crippen LogP contribution in [0.3, 0.4) is 0 Å². The first-order valence-corrected chi connectivity index (χ1v) is 8.50. The van der Waals surface area contributed by atoms with Crippen LogP contribution in [0.5, 0.6) is 0 Å². The highest BCUT2D eigenvalue weighted by Gasteiger charge is 2.33. The highest BCUT2D eigenvalue weighted by atomic mass is 35.5. The molecule has 1 N–H and O–H groups in total. The molecule has 2 atom stereocenters. The Kier molecular flexibility index (Phi) is 4.72. The molecule has 0 radical (unpaired) electrons. The number of piperazine rings is 1. The van der Waals surface area contributed by atoms with Crippen LogP contribution in [-0.2, 0) is 6.54 Å². The van der Waals surface area contributed by atoms with Crippen LogP contribution in [0.2, 0.25) is 5.02 Å². The lowest BCUT2D eigenvalue weighted by molar-refractivity contribution is 0.115. The van der Waals surface area contributed by atoms with Gasteiger partial charge >= 0.3 is 0 Å². The maximum atomic E-state index is 6.26. The maximum Gasteiger partial charge on any atom is 0.0430 e. The largest absolute Gasteiger partial charge is 0.366 e. The number of anilines is 1. The Balaban J connectivity index is 1.86. The van der Waals surface area contributed by atoms with Crippen LogP contribution in [0.1, 0.15) is 31.7 Å². The summed E-state index contributed by atoms with van der Waals surface area (Å²) >= 11 is 6.26. The Bertz CT molecular complexity index is 491. The van der Waals surface area contributed by atoms with Crippen molar-refractivity contribution in [2.24, 2.45) is 0 Å². The molecule has 1 aromatic carbocycles. The Morgan fingerprint density at radius 3 is 2.95 bits per heavy atom. The summed E-state index contributed by atoms with van der Waals surface area (Å²) in [6, 6.07) is 7.57. The lowest BCUT2D eigenvalue weighted by Gasteiger charge is -2.49. The number of fused-ring (bicyclic) bond motifs is 1. The van der Waals surface area contributed by atoms with Gasteiger partial charge in [0.2, 0.25) is 0 Å². The van der Waals surface area contributed by atoms with Gasteiger partial charge in [-0.15, -0.1) is 0 Å². The molecule has 2 aliphatic rings. The van der Waals surface area contributed by atoms with Crippen molar-refractivity contribution in [2.45, 2.75) is 44.8 Å². The number of benzene rings is 1. The Morgan fingerprint density at radius 2 is 2.14 bits per heavy atom. The predicted octanol–water partition coefficient (Wildman–Crippen LogP) is 3.12. The summed E-state index contributed by atoms with van der Waals surface area (Å²) in [7, 11) is 2.00. The zero-order valence-corrected chi connectivity index (χ0v) is 13.9. The number of halogens is 1. The third kappa shape index (κ3) is 3.20. The van der Waals surface area contributed by atoms with Crippen LogP contribution in [0, 0.1) is 0 Å². The van der Waals surface area contributed by atoms with Gasteiger partial charge in [0.1, 0.15) is 0 Å². The van der Waals surface area contributed by atoms with Gasteiger partial charge in [-0.05, 0) is 51.1 Å². The number of rotatable bonds is 3. The Morgan fingerprint density at radius 1 is 1.29 bits per heavy atom. The second-order valence-electron chi connectivity index (χ2n) is 6.45. The van der Waals surface area contributed by atoms with E-state index in [2.05, 4.69) is 34.2 Å².